The van der Waals surface area contributed by atoms with Crippen LogP contribution in [0.15, 0.2) is 24.3 Å². The van der Waals surface area contributed by atoms with Crippen LogP contribution in [0.3, 0.4) is 0 Å². The summed E-state index contributed by atoms with van der Waals surface area (Å²) >= 11 is 0. The molecule has 1 rings (SSSR count). The summed E-state index contributed by atoms with van der Waals surface area (Å²) in [6.45, 7) is 3.77. The van der Waals surface area contributed by atoms with Gasteiger partial charge in [0.15, 0.2) is 0 Å². The minimum atomic E-state index is 0.0553. The summed E-state index contributed by atoms with van der Waals surface area (Å²) in [5.74, 6) is 0. The van der Waals surface area contributed by atoms with E-state index in [1.807, 2.05) is 25.1 Å². The van der Waals surface area contributed by atoms with Gasteiger partial charge in [0.05, 0.1) is 31.5 Å². The first-order valence-electron chi connectivity index (χ1n) is 5.70. The molecule has 0 amide bonds. The van der Waals surface area contributed by atoms with Gasteiger partial charge in [0.25, 0.3) is 0 Å². The van der Waals surface area contributed by atoms with Gasteiger partial charge in [0, 0.05) is 12.6 Å². The molecule has 1 aromatic carbocycles. The molecule has 1 aromatic rings. The highest BCUT2D eigenvalue weighted by Crippen LogP contribution is 2.13. The zero-order chi connectivity index (χ0) is 12.5. The lowest BCUT2D eigenvalue weighted by Gasteiger charge is -2.14. The van der Waals surface area contributed by atoms with Crippen LogP contribution in [-0.4, -0.2) is 31.5 Å². The maximum atomic E-state index is 8.80. The van der Waals surface area contributed by atoms with Gasteiger partial charge in [-0.05, 0) is 24.6 Å². The minimum absolute atomic E-state index is 0.0553. The molecule has 0 saturated heterocycles. The Balaban J connectivity index is 2.36. The molecule has 92 valence electrons. The third-order valence-corrected chi connectivity index (χ3v) is 2.45. The number of nitrogens with zero attached hydrogens (tertiary/aromatic N) is 1. The number of rotatable bonds is 7. The molecule has 4 heteroatoms. The van der Waals surface area contributed by atoms with E-state index in [0.717, 1.165) is 12.1 Å². The van der Waals surface area contributed by atoms with Crippen molar-refractivity contribution in [2.45, 2.75) is 13.0 Å². The van der Waals surface area contributed by atoms with Crippen LogP contribution >= 0.6 is 0 Å². The fraction of sp³-hybridized carbons (Fsp3) is 0.462. The molecule has 0 radical (unpaired) electrons. The first-order chi connectivity index (χ1) is 8.27. The predicted octanol–water partition coefficient (Wildman–Crippen LogP) is 1.22. The molecule has 0 aliphatic rings. The number of ether oxygens (including phenoxy) is 1. The summed E-state index contributed by atoms with van der Waals surface area (Å²) < 4.78 is 5.15. The fourth-order valence-corrected chi connectivity index (χ4v) is 1.51. The van der Waals surface area contributed by atoms with Crippen molar-refractivity contribution in [3.63, 3.8) is 0 Å². The molecule has 1 atom stereocenters. The van der Waals surface area contributed by atoms with Gasteiger partial charge >= 0.3 is 0 Å². The Hall–Kier alpha value is -1.41. The standard InChI is InChI=1S/C13H18N2O2/c1-11(15-5-7-17-8-6-16)13-4-2-3-12(9-13)10-14/h2-4,9,11,15-16H,5-8H2,1H3. The molecule has 0 bridgehead atoms. The summed E-state index contributed by atoms with van der Waals surface area (Å²) in [4.78, 5) is 0. The SMILES string of the molecule is CC(NCCOCCO)c1cccc(C#N)c1. The summed E-state index contributed by atoms with van der Waals surface area (Å²) in [5, 5.41) is 20.6. The van der Waals surface area contributed by atoms with Crippen molar-refractivity contribution in [2.75, 3.05) is 26.4 Å². The Labute approximate surface area is 102 Å². The van der Waals surface area contributed by atoms with E-state index in [4.69, 9.17) is 15.1 Å². The largest absolute Gasteiger partial charge is 0.394 e. The fourth-order valence-electron chi connectivity index (χ4n) is 1.51. The highest BCUT2D eigenvalue weighted by Gasteiger charge is 2.04. The number of aliphatic hydroxyl groups excluding tert-OH is 1. The van der Waals surface area contributed by atoms with E-state index in [0.29, 0.717) is 18.8 Å². The van der Waals surface area contributed by atoms with Crippen LogP contribution in [0, 0.1) is 11.3 Å². The first-order valence-corrected chi connectivity index (χ1v) is 5.70. The van der Waals surface area contributed by atoms with E-state index < -0.39 is 0 Å². The van der Waals surface area contributed by atoms with E-state index in [9.17, 15) is 0 Å². The Morgan fingerprint density at radius 3 is 3.00 bits per heavy atom. The number of benzene rings is 1. The molecule has 0 fully saturated rings. The molecule has 0 aliphatic carbocycles. The van der Waals surface area contributed by atoms with Gasteiger partial charge in [-0.25, -0.2) is 0 Å². The lowest BCUT2D eigenvalue weighted by molar-refractivity contribution is 0.0928. The van der Waals surface area contributed by atoms with Gasteiger partial charge in [0.2, 0.25) is 0 Å². The van der Waals surface area contributed by atoms with E-state index in [2.05, 4.69) is 11.4 Å². The predicted molar refractivity (Wildman–Crippen MR) is 65.5 cm³/mol. The lowest BCUT2D eigenvalue weighted by Crippen LogP contribution is -2.23. The summed E-state index contributed by atoms with van der Waals surface area (Å²) in [6.07, 6.45) is 0. The molecule has 0 saturated carbocycles. The second-order valence-electron chi connectivity index (χ2n) is 3.75. The number of nitriles is 1. The molecule has 0 heterocycles. The average Bonchev–Trinajstić information content (AvgIpc) is 2.38. The number of hydrogen-bond acceptors (Lipinski definition) is 4. The van der Waals surface area contributed by atoms with E-state index >= 15 is 0 Å². The van der Waals surface area contributed by atoms with Crippen LogP contribution < -0.4 is 5.32 Å². The van der Waals surface area contributed by atoms with Crippen LogP contribution in [0.25, 0.3) is 0 Å². The first kappa shape index (κ1) is 13.7. The number of nitrogens with one attached hydrogen (secondary N) is 1. The van der Waals surface area contributed by atoms with Crippen LogP contribution in [-0.2, 0) is 4.74 Å². The van der Waals surface area contributed by atoms with Crippen molar-refractivity contribution in [2.24, 2.45) is 0 Å². The maximum absolute atomic E-state index is 8.80. The van der Waals surface area contributed by atoms with Gasteiger partial charge < -0.3 is 15.2 Å². The molecule has 17 heavy (non-hydrogen) atoms. The Morgan fingerprint density at radius 1 is 1.47 bits per heavy atom. The Bertz CT molecular complexity index is 374. The summed E-state index contributed by atoms with van der Waals surface area (Å²) in [6, 6.07) is 9.86. The van der Waals surface area contributed by atoms with Crippen LogP contribution in [0.5, 0.6) is 0 Å². The quantitative estimate of drug-likeness (QED) is 0.696. The molecule has 0 aromatic heterocycles. The third kappa shape index (κ3) is 4.96. The molecular weight excluding hydrogens is 216 g/mol. The molecule has 0 aliphatic heterocycles. The van der Waals surface area contributed by atoms with Crippen molar-refractivity contribution in [3.8, 4) is 6.07 Å². The Morgan fingerprint density at radius 2 is 2.29 bits per heavy atom. The monoisotopic (exact) mass is 234 g/mol. The molecule has 1 unspecified atom stereocenters. The molecular formula is C13H18N2O2. The number of hydrogen-bond donors (Lipinski definition) is 2. The molecule has 0 spiro atoms. The minimum Gasteiger partial charge on any atom is -0.394 e. The van der Waals surface area contributed by atoms with Crippen LogP contribution in [0.2, 0.25) is 0 Å². The van der Waals surface area contributed by atoms with Gasteiger partial charge in [-0.15, -0.1) is 0 Å². The van der Waals surface area contributed by atoms with Crippen LogP contribution in [0.1, 0.15) is 24.1 Å². The smallest absolute Gasteiger partial charge is 0.0991 e. The van der Waals surface area contributed by atoms with Crippen molar-refractivity contribution in [3.05, 3.63) is 35.4 Å². The van der Waals surface area contributed by atoms with Gasteiger partial charge in [-0.3, -0.25) is 0 Å². The van der Waals surface area contributed by atoms with Crippen molar-refractivity contribution >= 4 is 0 Å². The zero-order valence-electron chi connectivity index (χ0n) is 10.0. The van der Waals surface area contributed by atoms with E-state index in [1.165, 1.54) is 0 Å². The van der Waals surface area contributed by atoms with Gasteiger partial charge in [-0.2, -0.15) is 5.26 Å². The maximum Gasteiger partial charge on any atom is 0.0991 e. The Kier molecular flexibility index (Phi) is 6.26. The molecule has 2 N–H and O–H groups in total. The second kappa shape index (κ2) is 7.80. The zero-order valence-corrected chi connectivity index (χ0v) is 10.0. The normalized spacial score (nSPS) is 12.1. The third-order valence-electron chi connectivity index (χ3n) is 2.45. The van der Waals surface area contributed by atoms with Crippen molar-refractivity contribution < 1.29 is 9.84 Å². The second-order valence-corrected chi connectivity index (χ2v) is 3.75. The van der Waals surface area contributed by atoms with E-state index in [-0.39, 0.29) is 12.6 Å². The topological polar surface area (TPSA) is 65.3 Å². The highest BCUT2D eigenvalue weighted by atomic mass is 16.5. The average molecular weight is 234 g/mol. The highest BCUT2D eigenvalue weighted by molar-refractivity contribution is 5.33. The number of aliphatic hydroxyl groups is 1. The van der Waals surface area contributed by atoms with E-state index in [1.54, 1.807) is 6.07 Å². The van der Waals surface area contributed by atoms with Gasteiger partial charge in [0.1, 0.15) is 0 Å². The van der Waals surface area contributed by atoms with Crippen molar-refractivity contribution in [1.29, 1.82) is 5.26 Å². The lowest BCUT2D eigenvalue weighted by atomic mass is 10.1. The van der Waals surface area contributed by atoms with Crippen LogP contribution in [0.4, 0.5) is 0 Å². The molecule has 4 nitrogen and oxygen atoms in total. The summed E-state index contributed by atoms with van der Waals surface area (Å²) in [5.41, 5.74) is 1.76. The van der Waals surface area contributed by atoms with Gasteiger partial charge in [-0.1, -0.05) is 12.1 Å². The summed E-state index contributed by atoms with van der Waals surface area (Å²) in [7, 11) is 0. The van der Waals surface area contributed by atoms with Crippen molar-refractivity contribution in [1.82, 2.24) is 5.32 Å².